The van der Waals surface area contributed by atoms with Crippen LogP contribution in [-0.2, 0) is 11.4 Å². The molecule has 0 bridgehead atoms. The van der Waals surface area contributed by atoms with Gasteiger partial charge in [-0.05, 0) is 59.6 Å². The van der Waals surface area contributed by atoms with Crippen LogP contribution in [0.15, 0.2) is 41.5 Å². The Morgan fingerprint density at radius 2 is 2.03 bits per heavy atom. The van der Waals surface area contributed by atoms with Gasteiger partial charge in [-0.3, -0.25) is 4.79 Å². The van der Waals surface area contributed by atoms with Crippen LogP contribution in [-0.4, -0.2) is 19.2 Å². The minimum atomic E-state index is 0.00614. The number of nitrogens with one attached hydrogen (secondary N) is 1. The molecule has 1 amide bonds. The Labute approximate surface area is 192 Å². The molecule has 4 rings (SSSR count). The zero-order valence-electron chi connectivity index (χ0n) is 17.7. The minimum absolute atomic E-state index is 0.00614. The summed E-state index contributed by atoms with van der Waals surface area (Å²) < 4.78 is 11.3. The fourth-order valence-corrected chi connectivity index (χ4v) is 5.18. The molecule has 2 saturated carbocycles. The van der Waals surface area contributed by atoms with Crippen molar-refractivity contribution in [3.63, 3.8) is 0 Å². The highest BCUT2D eigenvalue weighted by atomic mass is 35.5. The van der Waals surface area contributed by atoms with E-state index in [1.54, 1.807) is 25.5 Å². The van der Waals surface area contributed by atoms with Gasteiger partial charge >= 0.3 is 0 Å². The van der Waals surface area contributed by atoms with Crippen molar-refractivity contribution >= 4 is 35.3 Å². The van der Waals surface area contributed by atoms with Gasteiger partial charge in [0.15, 0.2) is 11.5 Å². The summed E-state index contributed by atoms with van der Waals surface area (Å²) in [4.78, 5) is 12.5. The third-order valence-electron chi connectivity index (χ3n) is 6.55. The van der Waals surface area contributed by atoms with Gasteiger partial charge in [0.05, 0.1) is 18.3 Å². The quantitative estimate of drug-likeness (QED) is 0.415. The van der Waals surface area contributed by atoms with Crippen LogP contribution >= 0.6 is 23.2 Å². The van der Waals surface area contributed by atoms with Crippen molar-refractivity contribution in [3.05, 3.63) is 57.6 Å². The molecule has 1 N–H and O–H groups in total. The molecule has 2 fully saturated rings. The van der Waals surface area contributed by atoms with Crippen molar-refractivity contribution < 1.29 is 14.3 Å². The van der Waals surface area contributed by atoms with Crippen LogP contribution in [0.4, 0.5) is 0 Å². The predicted molar refractivity (Wildman–Crippen MR) is 123 cm³/mol. The number of hydrogen-bond acceptors (Lipinski definition) is 4. The van der Waals surface area contributed by atoms with Gasteiger partial charge in [0.1, 0.15) is 6.61 Å². The molecular weight excluding hydrogens is 435 g/mol. The van der Waals surface area contributed by atoms with E-state index in [9.17, 15) is 4.79 Å². The maximum absolute atomic E-state index is 12.5. The van der Waals surface area contributed by atoms with Crippen LogP contribution in [0.5, 0.6) is 11.5 Å². The van der Waals surface area contributed by atoms with Crippen LogP contribution in [0.1, 0.15) is 43.7 Å². The average Bonchev–Trinajstić information content (AvgIpc) is 3.39. The first-order valence-corrected chi connectivity index (χ1v) is 11.3. The van der Waals surface area contributed by atoms with E-state index in [4.69, 9.17) is 32.7 Å². The Morgan fingerprint density at radius 3 is 2.71 bits per heavy atom. The molecule has 0 saturated heterocycles. The summed E-state index contributed by atoms with van der Waals surface area (Å²) in [7, 11) is 1.55. The molecule has 0 spiro atoms. The van der Waals surface area contributed by atoms with Crippen molar-refractivity contribution in [1.29, 1.82) is 0 Å². The number of methoxy groups -OCH3 is 1. The minimum Gasteiger partial charge on any atom is -0.493 e. The van der Waals surface area contributed by atoms with Gasteiger partial charge in [-0.15, -0.1) is 0 Å². The first-order chi connectivity index (χ1) is 14.9. The van der Waals surface area contributed by atoms with E-state index < -0.39 is 0 Å². The van der Waals surface area contributed by atoms with E-state index in [1.807, 2.05) is 24.3 Å². The molecule has 3 atom stereocenters. The first kappa shape index (κ1) is 22.0. The van der Waals surface area contributed by atoms with E-state index in [1.165, 1.54) is 12.8 Å². The molecule has 31 heavy (non-hydrogen) atoms. The topological polar surface area (TPSA) is 59.9 Å². The summed E-state index contributed by atoms with van der Waals surface area (Å²) in [6.07, 6.45) is 6.28. The third kappa shape index (κ3) is 4.68. The predicted octanol–water partition coefficient (Wildman–Crippen LogP) is 5.86. The normalized spacial score (nSPS) is 24.5. The molecule has 2 aliphatic carbocycles. The van der Waals surface area contributed by atoms with Crippen molar-refractivity contribution in [2.45, 2.75) is 39.2 Å². The molecule has 5 nitrogen and oxygen atoms in total. The number of carbonyl (C=O) groups excluding carboxylic acids is 1. The molecule has 164 valence electrons. The van der Waals surface area contributed by atoms with Gasteiger partial charge in [0.25, 0.3) is 0 Å². The van der Waals surface area contributed by atoms with E-state index in [0.717, 1.165) is 18.4 Å². The molecule has 2 aromatic carbocycles. The Kier molecular flexibility index (Phi) is 6.44. The van der Waals surface area contributed by atoms with E-state index in [2.05, 4.69) is 17.5 Å². The number of halogens is 2. The van der Waals surface area contributed by atoms with Crippen molar-refractivity contribution in [3.8, 4) is 11.5 Å². The fourth-order valence-electron chi connectivity index (χ4n) is 4.78. The number of hydrazone groups is 1. The number of nitrogens with zero attached hydrogens (tertiary/aromatic N) is 1. The highest BCUT2D eigenvalue weighted by molar-refractivity contribution is 6.32. The number of ether oxygens (including phenoxy) is 2. The third-order valence-corrected chi connectivity index (χ3v) is 7.08. The summed E-state index contributed by atoms with van der Waals surface area (Å²) in [5, 5.41) is 5.22. The van der Waals surface area contributed by atoms with Crippen molar-refractivity contribution in [1.82, 2.24) is 5.43 Å². The zero-order valence-corrected chi connectivity index (χ0v) is 19.2. The number of amides is 1. The van der Waals surface area contributed by atoms with E-state index in [0.29, 0.717) is 39.6 Å². The molecule has 0 unspecified atom stereocenters. The number of rotatable bonds is 7. The van der Waals surface area contributed by atoms with Gasteiger partial charge in [-0.2, -0.15) is 5.10 Å². The molecule has 0 aromatic heterocycles. The Morgan fingerprint density at radius 1 is 1.26 bits per heavy atom. The van der Waals surface area contributed by atoms with Crippen molar-refractivity contribution in [2.24, 2.45) is 22.4 Å². The zero-order chi connectivity index (χ0) is 22.0. The summed E-state index contributed by atoms with van der Waals surface area (Å²) in [6, 6.07) is 10.9. The molecule has 0 heterocycles. The van der Waals surface area contributed by atoms with Crippen LogP contribution < -0.4 is 14.9 Å². The number of fused-ring (bicyclic) bond motifs is 1. The second kappa shape index (κ2) is 9.09. The standard InChI is InChI=1S/C24H26Cl2N2O3/c1-24-10-4-3-5-18(24)21(24)23(29)28-27-13-16-11-19(26)22(20(12-16)30-2)31-14-15-6-8-17(25)9-7-15/h6-9,11-13,18,21H,3-5,10,14H2,1-2H3,(H,28,29)/b27-13-/t18-,21+,24+/m1/s1. The average molecular weight is 461 g/mol. The van der Waals surface area contributed by atoms with Gasteiger partial charge in [-0.1, -0.05) is 55.1 Å². The second-order valence-corrected chi connectivity index (χ2v) is 9.36. The smallest absolute Gasteiger partial charge is 0.244 e. The van der Waals surface area contributed by atoms with Gasteiger partial charge in [-0.25, -0.2) is 5.43 Å². The Hall–Kier alpha value is -2.24. The first-order valence-electron chi connectivity index (χ1n) is 10.5. The van der Waals surface area contributed by atoms with Crippen LogP contribution in [0, 0.1) is 17.3 Å². The molecule has 2 aromatic rings. The number of hydrogen-bond donors (Lipinski definition) is 1. The molecule has 0 radical (unpaired) electrons. The monoisotopic (exact) mass is 460 g/mol. The van der Waals surface area contributed by atoms with Gasteiger partial charge in [0.2, 0.25) is 5.91 Å². The maximum Gasteiger partial charge on any atom is 0.244 e. The summed E-state index contributed by atoms with van der Waals surface area (Å²) in [6.45, 7) is 2.55. The number of benzene rings is 2. The fraction of sp³-hybridized carbons (Fsp3) is 0.417. The second-order valence-electron chi connectivity index (χ2n) is 8.52. The lowest BCUT2D eigenvalue weighted by Gasteiger charge is -2.15. The Balaban J connectivity index is 1.39. The molecule has 0 aliphatic heterocycles. The molecule has 7 heteroatoms. The highest BCUT2D eigenvalue weighted by Gasteiger charge is 2.64. The summed E-state index contributed by atoms with van der Waals surface area (Å²) in [5.74, 6) is 1.54. The van der Waals surface area contributed by atoms with E-state index in [-0.39, 0.29) is 17.2 Å². The largest absolute Gasteiger partial charge is 0.493 e. The van der Waals surface area contributed by atoms with Crippen LogP contribution in [0.3, 0.4) is 0 Å². The lowest BCUT2D eigenvalue weighted by molar-refractivity contribution is -0.123. The van der Waals surface area contributed by atoms with E-state index >= 15 is 0 Å². The molecule has 2 aliphatic rings. The lowest BCUT2D eigenvalue weighted by atomic mass is 9.90. The SMILES string of the molecule is COc1cc(/C=N\NC(=O)[C@@H]2[C@H]3CCCC[C@@]32C)cc(Cl)c1OCc1ccc(Cl)cc1. The lowest BCUT2D eigenvalue weighted by Crippen LogP contribution is -2.22. The molecular formula is C24H26Cl2N2O3. The summed E-state index contributed by atoms with van der Waals surface area (Å²) >= 11 is 12.4. The highest BCUT2D eigenvalue weighted by Crippen LogP contribution is 2.66. The van der Waals surface area contributed by atoms with Crippen molar-refractivity contribution in [2.75, 3.05) is 7.11 Å². The van der Waals surface area contributed by atoms with Crippen LogP contribution in [0.25, 0.3) is 0 Å². The van der Waals surface area contributed by atoms with Gasteiger partial charge in [0, 0.05) is 10.9 Å². The maximum atomic E-state index is 12.5. The Bertz CT molecular complexity index is 993. The van der Waals surface area contributed by atoms with Gasteiger partial charge < -0.3 is 9.47 Å². The summed E-state index contributed by atoms with van der Waals surface area (Å²) in [5.41, 5.74) is 4.53. The number of carbonyl (C=O) groups is 1. The van der Waals surface area contributed by atoms with Crippen LogP contribution in [0.2, 0.25) is 10.0 Å².